The van der Waals surface area contributed by atoms with Crippen molar-refractivity contribution in [1.29, 1.82) is 0 Å². The van der Waals surface area contributed by atoms with Gasteiger partial charge in [-0.1, -0.05) is 42.5 Å². The molecular formula is C14H16Cl2N2O3. The van der Waals surface area contributed by atoms with E-state index in [2.05, 4.69) is 10.6 Å². The predicted octanol–water partition coefficient (Wildman–Crippen LogP) is 3.90. The van der Waals surface area contributed by atoms with Crippen molar-refractivity contribution in [1.82, 2.24) is 5.32 Å². The summed E-state index contributed by atoms with van der Waals surface area (Å²) in [4.78, 5) is 23.5. The molecule has 7 heteroatoms. The second-order valence-electron chi connectivity index (χ2n) is 5.15. The third-order valence-electron chi connectivity index (χ3n) is 3.65. The molecule has 21 heavy (non-hydrogen) atoms. The zero-order chi connectivity index (χ0) is 15.5. The number of urea groups is 1. The van der Waals surface area contributed by atoms with Gasteiger partial charge in [-0.15, -0.1) is 0 Å². The standard InChI is InChI=1S/C14H16Cl2N2O3/c15-9-4-5-11(10(16)8-9)17-13(21)18-14(12(19)20)6-2-1-3-7-14/h4-5,8H,1-3,6-7H2,(H,19,20)(H2,17,18,21). The van der Waals surface area contributed by atoms with Crippen LogP contribution in [0.15, 0.2) is 18.2 Å². The van der Waals surface area contributed by atoms with Crippen molar-refractivity contribution >= 4 is 40.9 Å². The highest BCUT2D eigenvalue weighted by molar-refractivity contribution is 6.36. The highest BCUT2D eigenvalue weighted by Gasteiger charge is 2.41. The summed E-state index contributed by atoms with van der Waals surface area (Å²) >= 11 is 11.8. The lowest BCUT2D eigenvalue weighted by Crippen LogP contribution is -2.56. The molecule has 1 saturated carbocycles. The van der Waals surface area contributed by atoms with Crippen LogP contribution in [-0.4, -0.2) is 22.6 Å². The first-order valence-corrected chi connectivity index (χ1v) is 7.46. The maximum Gasteiger partial charge on any atom is 0.329 e. The Morgan fingerprint density at radius 3 is 2.38 bits per heavy atom. The molecule has 3 N–H and O–H groups in total. The number of carbonyl (C=O) groups excluding carboxylic acids is 1. The Balaban J connectivity index is 2.07. The van der Waals surface area contributed by atoms with Gasteiger partial charge in [-0.3, -0.25) is 0 Å². The predicted molar refractivity (Wildman–Crippen MR) is 82.1 cm³/mol. The van der Waals surface area contributed by atoms with E-state index < -0.39 is 17.5 Å². The van der Waals surface area contributed by atoms with Gasteiger partial charge in [0.2, 0.25) is 0 Å². The summed E-state index contributed by atoms with van der Waals surface area (Å²) in [5.41, 5.74) is -0.809. The van der Waals surface area contributed by atoms with Gasteiger partial charge in [-0.25, -0.2) is 9.59 Å². The summed E-state index contributed by atoms with van der Waals surface area (Å²) in [5, 5.41) is 15.3. The molecule has 0 spiro atoms. The van der Waals surface area contributed by atoms with Crippen LogP contribution in [0.3, 0.4) is 0 Å². The van der Waals surface area contributed by atoms with Crippen LogP contribution < -0.4 is 10.6 Å². The van der Waals surface area contributed by atoms with Crippen LogP contribution in [0.25, 0.3) is 0 Å². The number of aliphatic carboxylic acids is 1. The van der Waals surface area contributed by atoms with E-state index in [0.717, 1.165) is 19.3 Å². The lowest BCUT2D eigenvalue weighted by molar-refractivity contribution is -0.145. The van der Waals surface area contributed by atoms with E-state index in [1.54, 1.807) is 12.1 Å². The van der Waals surface area contributed by atoms with Crippen molar-refractivity contribution in [2.24, 2.45) is 0 Å². The Labute approximate surface area is 132 Å². The monoisotopic (exact) mass is 330 g/mol. The van der Waals surface area contributed by atoms with E-state index in [1.165, 1.54) is 6.07 Å². The molecule has 0 bridgehead atoms. The minimum atomic E-state index is -1.19. The van der Waals surface area contributed by atoms with Crippen LogP contribution in [0.5, 0.6) is 0 Å². The first-order valence-electron chi connectivity index (χ1n) is 6.70. The lowest BCUT2D eigenvalue weighted by atomic mass is 9.82. The Morgan fingerprint density at radius 2 is 1.81 bits per heavy atom. The number of rotatable bonds is 3. The molecule has 0 aliphatic heterocycles. The normalized spacial score (nSPS) is 17.0. The fourth-order valence-electron chi connectivity index (χ4n) is 2.51. The number of amides is 2. The molecule has 1 aromatic carbocycles. The molecule has 1 aliphatic rings. The first kappa shape index (κ1) is 15.9. The maximum absolute atomic E-state index is 12.1. The van der Waals surface area contributed by atoms with E-state index in [1.807, 2.05) is 0 Å². The van der Waals surface area contributed by atoms with Crippen molar-refractivity contribution in [2.75, 3.05) is 5.32 Å². The molecule has 1 aliphatic carbocycles. The van der Waals surface area contributed by atoms with Crippen LogP contribution in [-0.2, 0) is 4.79 Å². The Morgan fingerprint density at radius 1 is 1.14 bits per heavy atom. The highest BCUT2D eigenvalue weighted by atomic mass is 35.5. The molecule has 1 fully saturated rings. The van der Waals surface area contributed by atoms with Gasteiger partial charge in [0.15, 0.2) is 0 Å². The van der Waals surface area contributed by atoms with Crippen LogP contribution in [0.2, 0.25) is 10.0 Å². The quantitative estimate of drug-likeness (QED) is 0.786. The zero-order valence-corrected chi connectivity index (χ0v) is 12.8. The summed E-state index contributed by atoms with van der Waals surface area (Å²) in [7, 11) is 0. The average molecular weight is 331 g/mol. The minimum Gasteiger partial charge on any atom is -0.480 e. The van der Waals surface area contributed by atoms with Gasteiger partial charge in [0, 0.05) is 5.02 Å². The molecule has 0 atom stereocenters. The lowest BCUT2D eigenvalue weighted by Gasteiger charge is -2.33. The van der Waals surface area contributed by atoms with Crippen molar-refractivity contribution in [2.45, 2.75) is 37.6 Å². The SMILES string of the molecule is O=C(Nc1ccc(Cl)cc1Cl)NC1(C(=O)O)CCCCC1. The number of anilines is 1. The maximum atomic E-state index is 12.1. The largest absolute Gasteiger partial charge is 0.480 e. The van der Waals surface area contributed by atoms with Crippen LogP contribution in [0.4, 0.5) is 10.5 Å². The van der Waals surface area contributed by atoms with E-state index in [9.17, 15) is 14.7 Å². The van der Waals surface area contributed by atoms with Gasteiger partial charge in [0.05, 0.1) is 10.7 Å². The van der Waals surface area contributed by atoms with Crippen LogP contribution in [0.1, 0.15) is 32.1 Å². The Hall–Kier alpha value is -1.46. The smallest absolute Gasteiger partial charge is 0.329 e. The second-order valence-corrected chi connectivity index (χ2v) is 5.99. The third-order valence-corrected chi connectivity index (χ3v) is 4.20. The highest BCUT2D eigenvalue weighted by Crippen LogP contribution is 2.29. The summed E-state index contributed by atoms with van der Waals surface area (Å²) in [6, 6.07) is 4.09. The molecule has 0 unspecified atom stereocenters. The molecule has 114 valence electrons. The number of nitrogens with one attached hydrogen (secondary N) is 2. The van der Waals surface area contributed by atoms with Gasteiger partial charge >= 0.3 is 12.0 Å². The second kappa shape index (κ2) is 6.54. The number of carbonyl (C=O) groups is 2. The van der Waals surface area contributed by atoms with Crippen molar-refractivity contribution in [3.05, 3.63) is 28.2 Å². The van der Waals surface area contributed by atoms with Crippen molar-refractivity contribution < 1.29 is 14.7 Å². The van der Waals surface area contributed by atoms with Gasteiger partial charge < -0.3 is 15.7 Å². The van der Waals surface area contributed by atoms with Crippen molar-refractivity contribution in [3.8, 4) is 0 Å². The fourth-order valence-corrected chi connectivity index (χ4v) is 2.97. The van der Waals surface area contributed by atoms with Crippen LogP contribution in [0, 0.1) is 0 Å². The number of carboxylic acid groups (broad SMARTS) is 1. The minimum absolute atomic E-state index is 0.297. The Kier molecular flexibility index (Phi) is 4.96. The molecule has 0 saturated heterocycles. The summed E-state index contributed by atoms with van der Waals surface area (Å²) in [6.07, 6.45) is 3.43. The molecule has 2 amide bonds. The number of hydrogen-bond acceptors (Lipinski definition) is 2. The average Bonchev–Trinajstić information content (AvgIpc) is 2.43. The molecule has 5 nitrogen and oxygen atoms in total. The fraction of sp³-hybridized carbons (Fsp3) is 0.429. The third kappa shape index (κ3) is 3.80. The molecule has 2 rings (SSSR count). The summed E-state index contributed by atoms with van der Waals surface area (Å²) < 4.78 is 0. The number of carboxylic acids is 1. The first-order chi connectivity index (χ1) is 9.93. The van der Waals surface area contributed by atoms with E-state index in [-0.39, 0.29) is 0 Å². The summed E-state index contributed by atoms with van der Waals surface area (Å²) in [6.45, 7) is 0. The van der Waals surface area contributed by atoms with E-state index in [4.69, 9.17) is 23.2 Å². The molecular weight excluding hydrogens is 315 g/mol. The summed E-state index contributed by atoms with van der Waals surface area (Å²) in [5.74, 6) is -1.00. The topological polar surface area (TPSA) is 78.4 Å². The van der Waals surface area contributed by atoms with Gasteiger partial charge in [-0.05, 0) is 31.0 Å². The van der Waals surface area contributed by atoms with Gasteiger partial charge in [0.1, 0.15) is 5.54 Å². The van der Waals surface area contributed by atoms with E-state index in [0.29, 0.717) is 28.6 Å². The molecule has 0 heterocycles. The number of hydrogen-bond donors (Lipinski definition) is 3. The zero-order valence-electron chi connectivity index (χ0n) is 11.3. The van der Waals surface area contributed by atoms with Crippen LogP contribution >= 0.6 is 23.2 Å². The van der Waals surface area contributed by atoms with Gasteiger partial charge in [0.25, 0.3) is 0 Å². The number of halogens is 2. The Bertz CT molecular complexity index is 557. The molecule has 1 aromatic rings. The van der Waals surface area contributed by atoms with E-state index >= 15 is 0 Å². The number of benzene rings is 1. The molecule has 0 aromatic heterocycles. The molecule has 0 radical (unpaired) electrons. The van der Waals surface area contributed by atoms with Crippen molar-refractivity contribution in [3.63, 3.8) is 0 Å². The van der Waals surface area contributed by atoms with Gasteiger partial charge in [-0.2, -0.15) is 0 Å².